The van der Waals surface area contributed by atoms with Gasteiger partial charge in [-0.2, -0.15) is 0 Å². The van der Waals surface area contributed by atoms with Crippen LogP contribution in [0.15, 0.2) is 0 Å². The highest BCUT2D eigenvalue weighted by molar-refractivity contribution is 5.93. The van der Waals surface area contributed by atoms with E-state index in [1.54, 1.807) is 13.8 Å². The van der Waals surface area contributed by atoms with Gasteiger partial charge in [0.2, 0.25) is 11.8 Å². The van der Waals surface area contributed by atoms with Crippen LogP contribution in [0.25, 0.3) is 0 Å². The molecule has 4 nitrogen and oxygen atoms in total. The number of rotatable bonds is 1. The van der Waals surface area contributed by atoms with Crippen molar-refractivity contribution in [1.82, 2.24) is 10.2 Å². The molecule has 1 saturated heterocycles. The van der Waals surface area contributed by atoms with Crippen LogP contribution in [0.1, 0.15) is 52.9 Å². The van der Waals surface area contributed by atoms with Crippen LogP contribution in [0.4, 0.5) is 0 Å². The molecule has 0 aromatic heterocycles. The van der Waals surface area contributed by atoms with E-state index in [1.165, 1.54) is 19.3 Å². The average Bonchev–Trinajstić information content (AvgIpc) is 2.39. The van der Waals surface area contributed by atoms with Crippen LogP contribution in [0.5, 0.6) is 0 Å². The SMILES string of the molecule is CC1CCCCC1N1CCC(=O)NC(C)(C)C1=O. The highest BCUT2D eigenvalue weighted by Crippen LogP contribution is 2.30. The lowest BCUT2D eigenvalue weighted by Crippen LogP contribution is -2.56. The van der Waals surface area contributed by atoms with Crippen molar-refractivity contribution in [2.45, 2.75) is 64.5 Å². The molecular weight excluding hydrogens is 228 g/mol. The fourth-order valence-electron chi connectivity index (χ4n) is 3.22. The first kappa shape index (κ1) is 13.4. The van der Waals surface area contributed by atoms with Crippen LogP contribution in [-0.4, -0.2) is 34.8 Å². The Hall–Kier alpha value is -1.06. The highest BCUT2D eigenvalue weighted by Gasteiger charge is 2.40. The first-order valence-electron chi connectivity index (χ1n) is 7.04. The summed E-state index contributed by atoms with van der Waals surface area (Å²) in [6.45, 7) is 6.41. The van der Waals surface area contributed by atoms with E-state index in [1.807, 2.05) is 4.90 Å². The zero-order valence-corrected chi connectivity index (χ0v) is 11.7. The van der Waals surface area contributed by atoms with E-state index in [9.17, 15) is 9.59 Å². The van der Waals surface area contributed by atoms with Crippen molar-refractivity contribution in [3.63, 3.8) is 0 Å². The van der Waals surface area contributed by atoms with Gasteiger partial charge in [-0.25, -0.2) is 0 Å². The number of nitrogens with one attached hydrogen (secondary N) is 1. The zero-order valence-electron chi connectivity index (χ0n) is 11.7. The maximum absolute atomic E-state index is 12.6. The summed E-state index contributed by atoms with van der Waals surface area (Å²) in [7, 11) is 0. The number of amides is 2. The molecule has 1 saturated carbocycles. The molecule has 0 spiro atoms. The number of hydrogen-bond donors (Lipinski definition) is 1. The Bertz CT molecular complexity index is 352. The maximum atomic E-state index is 12.6. The van der Waals surface area contributed by atoms with Gasteiger partial charge in [-0.15, -0.1) is 0 Å². The number of carbonyl (C=O) groups is 2. The second-order valence-corrected chi connectivity index (χ2v) is 6.25. The summed E-state index contributed by atoms with van der Waals surface area (Å²) >= 11 is 0. The van der Waals surface area contributed by atoms with Crippen molar-refractivity contribution in [1.29, 1.82) is 0 Å². The second-order valence-electron chi connectivity index (χ2n) is 6.25. The van der Waals surface area contributed by atoms with E-state index in [2.05, 4.69) is 12.2 Å². The minimum absolute atomic E-state index is 0.0145. The van der Waals surface area contributed by atoms with Gasteiger partial charge in [-0.1, -0.05) is 19.8 Å². The van der Waals surface area contributed by atoms with Gasteiger partial charge < -0.3 is 10.2 Å². The van der Waals surface area contributed by atoms with Crippen LogP contribution in [-0.2, 0) is 9.59 Å². The molecule has 2 fully saturated rings. The second kappa shape index (κ2) is 4.90. The Morgan fingerprint density at radius 1 is 1.22 bits per heavy atom. The minimum atomic E-state index is -0.759. The summed E-state index contributed by atoms with van der Waals surface area (Å²) < 4.78 is 0. The third kappa shape index (κ3) is 2.52. The standard InChI is InChI=1S/C14H24N2O2/c1-10-6-4-5-7-11(10)16-9-8-12(17)15-14(2,3)13(16)18/h10-11H,4-9H2,1-3H3,(H,15,17). The van der Waals surface area contributed by atoms with Gasteiger partial charge in [-0.05, 0) is 32.6 Å². The van der Waals surface area contributed by atoms with Gasteiger partial charge in [0.15, 0.2) is 0 Å². The van der Waals surface area contributed by atoms with Crippen molar-refractivity contribution in [2.75, 3.05) is 6.54 Å². The molecule has 1 N–H and O–H groups in total. The normalized spacial score (nSPS) is 32.9. The fraction of sp³-hybridized carbons (Fsp3) is 0.857. The Kier molecular flexibility index (Phi) is 3.64. The first-order valence-corrected chi connectivity index (χ1v) is 7.04. The van der Waals surface area contributed by atoms with Crippen molar-refractivity contribution in [3.05, 3.63) is 0 Å². The minimum Gasteiger partial charge on any atom is -0.342 e. The predicted octanol–water partition coefficient (Wildman–Crippen LogP) is 1.69. The molecule has 1 aliphatic heterocycles. The molecule has 4 heteroatoms. The monoisotopic (exact) mass is 252 g/mol. The largest absolute Gasteiger partial charge is 0.342 e. The molecule has 1 heterocycles. The quantitative estimate of drug-likeness (QED) is 0.772. The van der Waals surface area contributed by atoms with Crippen molar-refractivity contribution in [2.24, 2.45) is 5.92 Å². The number of carbonyl (C=O) groups excluding carboxylic acids is 2. The van der Waals surface area contributed by atoms with Crippen molar-refractivity contribution < 1.29 is 9.59 Å². The Labute approximate surface area is 109 Å². The van der Waals surface area contributed by atoms with Crippen molar-refractivity contribution >= 4 is 11.8 Å². The van der Waals surface area contributed by atoms with Gasteiger partial charge >= 0.3 is 0 Å². The van der Waals surface area contributed by atoms with E-state index in [0.29, 0.717) is 24.9 Å². The molecule has 2 rings (SSSR count). The first-order chi connectivity index (χ1) is 8.42. The smallest absolute Gasteiger partial charge is 0.248 e. The lowest BCUT2D eigenvalue weighted by atomic mass is 9.84. The molecule has 2 aliphatic rings. The third-order valence-corrected chi connectivity index (χ3v) is 4.29. The van der Waals surface area contributed by atoms with E-state index >= 15 is 0 Å². The van der Waals surface area contributed by atoms with Crippen LogP contribution < -0.4 is 5.32 Å². The van der Waals surface area contributed by atoms with Crippen LogP contribution in [0, 0.1) is 5.92 Å². The lowest BCUT2D eigenvalue weighted by molar-refractivity contribution is -0.141. The fourth-order valence-corrected chi connectivity index (χ4v) is 3.22. The van der Waals surface area contributed by atoms with Crippen molar-refractivity contribution in [3.8, 4) is 0 Å². The molecule has 18 heavy (non-hydrogen) atoms. The summed E-state index contributed by atoms with van der Waals surface area (Å²) in [6, 6.07) is 0.318. The van der Waals surface area contributed by atoms with Crippen LogP contribution in [0.2, 0.25) is 0 Å². The predicted molar refractivity (Wildman–Crippen MR) is 70.0 cm³/mol. The van der Waals surface area contributed by atoms with E-state index in [4.69, 9.17) is 0 Å². The molecule has 0 radical (unpaired) electrons. The van der Waals surface area contributed by atoms with Gasteiger partial charge in [0.1, 0.15) is 5.54 Å². The molecule has 0 aromatic carbocycles. The van der Waals surface area contributed by atoms with Crippen LogP contribution >= 0.6 is 0 Å². The molecule has 2 unspecified atom stereocenters. The van der Waals surface area contributed by atoms with Gasteiger partial charge in [-0.3, -0.25) is 9.59 Å². The lowest BCUT2D eigenvalue weighted by Gasteiger charge is -2.40. The molecule has 2 amide bonds. The summed E-state index contributed by atoms with van der Waals surface area (Å²) in [4.78, 5) is 26.2. The summed E-state index contributed by atoms with van der Waals surface area (Å²) in [5.41, 5.74) is -0.759. The van der Waals surface area contributed by atoms with Crippen LogP contribution in [0.3, 0.4) is 0 Å². The topological polar surface area (TPSA) is 49.4 Å². The zero-order chi connectivity index (χ0) is 13.3. The van der Waals surface area contributed by atoms with E-state index in [-0.39, 0.29) is 11.8 Å². The van der Waals surface area contributed by atoms with Gasteiger partial charge in [0, 0.05) is 19.0 Å². The molecule has 2 atom stereocenters. The van der Waals surface area contributed by atoms with E-state index < -0.39 is 5.54 Å². The summed E-state index contributed by atoms with van der Waals surface area (Å²) in [6.07, 6.45) is 5.16. The third-order valence-electron chi connectivity index (χ3n) is 4.29. The highest BCUT2D eigenvalue weighted by atomic mass is 16.2. The Morgan fingerprint density at radius 3 is 2.56 bits per heavy atom. The summed E-state index contributed by atoms with van der Waals surface area (Å²) in [5, 5.41) is 2.82. The number of nitrogens with zero attached hydrogens (tertiary/aromatic N) is 1. The summed E-state index contributed by atoms with van der Waals surface area (Å²) in [5.74, 6) is 0.609. The van der Waals surface area contributed by atoms with Gasteiger partial charge in [0.25, 0.3) is 0 Å². The Balaban J connectivity index is 2.20. The number of hydrogen-bond acceptors (Lipinski definition) is 2. The Morgan fingerprint density at radius 2 is 1.89 bits per heavy atom. The average molecular weight is 252 g/mol. The van der Waals surface area contributed by atoms with Gasteiger partial charge in [0.05, 0.1) is 0 Å². The molecular formula is C14H24N2O2. The molecule has 1 aliphatic carbocycles. The van der Waals surface area contributed by atoms with E-state index in [0.717, 1.165) is 6.42 Å². The maximum Gasteiger partial charge on any atom is 0.248 e. The molecule has 102 valence electrons. The molecule has 0 bridgehead atoms. The molecule has 0 aromatic rings.